The number of nitrogens with one attached hydrogen (secondary N) is 3. The predicted octanol–water partition coefficient (Wildman–Crippen LogP) is 0.944. The molecule has 3 N–H and O–H groups in total. The van der Waals surface area contributed by atoms with Crippen molar-refractivity contribution >= 4 is 22.8 Å². The number of nitrogens with zero attached hydrogens (tertiary/aromatic N) is 1. The number of thioether (sulfide) groups is 1. The smallest absolute Gasteiger partial charge is 0.233 e. The van der Waals surface area contributed by atoms with Gasteiger partial charge >= 0.3 is 0 Å². The summed E-state index contributed by atoms with van der Waals surface area (Å²) in [5, 5.41) is 3.62. The van der Waals surface area contributed by atoms with Gasteiger partial charge in [-0.25, -0.2) is 10.4 Å². The van der Waals surface area contributed by atoms with Crippen LogP contribution in [0.15, 0.2) is 23.2 Å². The van der Waals surface area contributed by atoms with Gasteiger partial charge in [-0.1, -0.05) is 30.0 Å². The van der Waals surface area contributed by atoms with Crippen LogP contribution in [0.4, 0.5) is 0 Å². The average Bonchev–Trinajstić information content (AvgIpc) is 3.13. The number of hydrazine groups is 1. The zero-order valence-corrected chi connectivity index (χ0v) is 12.5. The first kappa shape index (κ1) is 13.3. The topological polar surface area (TPSA) is 65.5 Å². The van der Waals surface area contributed by atoms with E-state index in [9.17, 15) is 4.79 Å². The molecule has 2 atom stereocenters. The Balaban J connectivity index is 1.44. The molecule has 2 heterocycles. The van der Waals surface area contributed by atoms with Crippen LogP contribution in [-0.4, -0.2) is 23.8 Å². The van der Waals surface area contributed by atoms with Gasteiger partial charge in [-0.15, -0.1) is 0 Å². The van der Waals surface area contributed by atoms with Crippen molar-refractivity contribution in [2.24, 2.45) is 10.9 Å². The van der Waals surface area contributed by atoms with E-state index in [2.05, 4.69) is 39.4 Å². The predicted molar refractivity (Wildman–Crippen MR) is 83.8 cm³/mol. The molecule has 0 radical (unpaired) electrons. The number of rotatable bonds is 2. The molecule has 1 saturated heterocycles. The highest BCUT2D eigenvalue weighted by Gasteiger charge is 2.36. The molecule has 0 saturated carbocycles. The van der Waals surface area contributed by atoms with Crippen LogP contribution < -0.4 is 16.2 Å². The van der Waals surface area contributed by atoms with Gasteiger partial charge in [0.15, 0.2) is 5.17 Å². The molecule has 1 aromatic rings. The number of fused-ring (bicyclic) bond motifs is 2. The molecule has 5 nitrogen and oxygen atoms in total. The van der Waals surface area contributed by atoms with Gasteiger partial charge < -0.3 is 5.32 Å². The van der Waals surface area contributed by atoms with Crippen molar-refractivity contribution in [3.63, 3.8) is 0 Å². The number of amidine groups is 1. The molecule has 2 aliphatic heterocycles. The molecule has 2 unspecified atom stereocenters. The molecule has 0 spiro atoms. The summed E-state index contributed by atoms with van der Waals surface area (Å²) in [5.41, 5.74) is 10.3. The van der Waals surface area contributed by atoms with Crippen LogP contribution in [0, 0.1) is 5.92 Å². The lowest BCUT2D eigenvalue weighted by molar-refractivity contribution is -0.123. The van der Waals surface area contributed by atoms with Gasteiger partial charge in [-0.3, -0.25) is 10.2 Å². The first-order valence-corrected chi connectivity index (χ1v) is 8.39. The number of amides is 1. The molecule has 1 aliphatic carbocycles. The van der Waals surface area contributed by atoms with Crippen LogP contribution in [0.5, 0.6) is 0 Å². The summed E-state index contributed by atoms with van der Waals surface area (Å²) in [6.07, 6.45) is 3.57. The Morgan fingerprint density at radius 3 is 3.14 bits per heavy atom. The minimum absolute atomic E-state index is 0.0592. The Kier molecular flexibility index (Phi) is 3.45. The zero-order chi connectivity index (χ0) is 14.2. The lowest BCUT2D eigenvalue weighted by Gasteiger charge is -2.22. The maximum Gasteiger partial charge on any atom is 0.233 e. The minimum atomic E-state index is -0.124. The third-order valence-corrected chi connectivity index (χ3v) is 5.27. The van der Waals surface area contributed by atoms with Crippen molar-refractivity contribution in [1.29, 1.82) is 0 Å². The number of hydrogen-bond donors (Lipinski definition) is 3. The van der Waals surface area contributed by atoms with Gasteiger partial charge in [0.1, 0.15) is 6.17 Å². The van der Waals surface area contributed by atoms with E-state index in [1.807, 2.05) is 0 Å². The van der Waals surface area contributed by atoms with E-state index in [0.717, 1.165) is 10.9 Å². The number of carbonyl (C=O) groups excluding carboxylic acids is 1. The van der Waals surface area contributed by atoms with Crippen molar-refractivity contribution in [2.45, 2.75) is 31.2 Å². The summed E-state index contributed by atoms with van der Waals surface area (Å²) < 4.78 is 0. The second-order valence-corrected chi connectivity index (χ2v) is 6.71. The molecule has 1 amide bonds. The van der Waals surface area contributed by atoms with Crippen LogP contribution in [0.2, 0.25) is 0 Å². The highest BCUT2D eigenvalue weighted by Crippen LogP contribution is 2.25. The van der Waals surface area contributed by atoms with Crippen LogP contribution >= 0.6 is 11.8 Å². The summed E-state index contributed by atoms with van der Waals surface area (Å²) in [5.74, 6) is 0.815. The Morgan fingerprint density at radius 1 is 1.29 bits per heavy atom. The standard InChI is InChI=1S/C15H18N4OS/c20-14-12-7-16-19-13(12)17-15(18-14)21-8-9-4-5-10-2-1-3-11(10)6-9/h4-6,12-13,16,19H,1-3,7-8H2,(H,17,18,20). The fraction of sp³-hybridized carbons (Fsp3) is 0.467. The molecule has 1 fully saturated rings. The van der Waals surface area contributed by atoms with E-state index >= 15 is 0 Å². The van der Waals surface area contributed by atoms with Gasteiger partial charge in [0.2, 0.25) is 5.91 Å². The maximum atomic E-state index is 12.0. The van der Waals surface area contributed by atoms with E-state index in [1.165, 1.54) is 36.0 Å². The second-order valence-electron chi connectivity index (χ2n) is 5.75. The van der Waals surface area contributed by atoms with Crippen molar-refractivity contribution in [3.8, 4) is 0 Å². The lowest BCUT2D eigenvalue weighted by Crippen LogP contribution is -2.46. The highest BCUT2D eigenvalue weighted by molar-refractivity contribution is 8.13. The van der Waals surface area contributed by atoms with Gasteiger partial charge in [0, 0.05) is 12.3 Å². The normalized spacial score (nSPS) is 27.0. The molecule has 0 bridgehead atoms. The Hall–Kier alpha value is -1.37. The largest absolute Gasteiger partial charge is 0.305 e. The molecule has 21 heavy (non-hydrogen) atoms. The number of carbonyl (C=O) groups is 1. The molecule has 6 heteroatoms. The Labute approximate surface area is 127 Å². The van der Waals surface area contributed by atoms with E-state index in [4.69, 9.17) is 0 Å². The third-order valence-electron chi connectivity index (χ3n) is 4.31. The average molecular weight is 302 g/mol. The number of aryl methyl sites for hydroxylation is 2. The van der Waals surface area contributed by atoms with Crippen molar-refractivity contribution in [2.75, 3.05) is 6.54 Å². The summed E-state index contributed by atoms with van der Waals surface area (Å²) in [6.45, 7) is 0.642. The summed E-state index contributed by atoms with van der Waals surface area (Å²) in [4.78, 5) is 16.5. The molecule has 1 aromatic carbocycles. The molecule has 0 aromatic heterocycles. The quantitative estimate of drug-likeness (QED) is 0.761. The van der Waals surface area contributed by atoms with E-state index in [-0.39, 0.29) is 18.0 Å². The SMILES string of the molecule is O=C1NC(SCc2ccc3c(c2)CCC3)=NC2NNCC12. The van der Waals surface area contributed by atoms with Gasteiger partial charge in [-0.2, -0.15) is 0 Å². The highest BCUT2D eigenvalue weighted by atomic mass is 32.2. The Morgan fingerprint density at radius 2 is 2.19 bits per heavy atom. The van der Waals surface area contributed by atoms with E-state index in [0.29, 0.717) is 6.54 Å². The molecular formula is C15H18N4OS. The monoisotopic (exact) mass is 302 g/mol. The van der Waals surface area contributed by atoms with E-state index in [1.54, 1.807) is 11.8 Å². The number of hydrogen-bond acceptors (Lipinski definition) is 5. The molecule has 4 rings (SSSR count). The third kappa shape index (κ3) is 2.59. The molecule has 3 aliphatic rings. The summed E-state index contributed by atoms with van der Waals surface area (Å²) in [7, 11) is 0. The number of aliphatic imine (C=N–C) groups is 1. The van der Waals surface area contributed by atoms with Crippen LogP contribution in [0.25, 0.3) is 0 Å². The summed E-state index contributed by atoms with van der Waals surface area (Å²) >= 11 is 1.60. The van der Waals surface area contributed by atoms with Crippen LogP contribution in [0.1, 0.15) is 23.1 Å². The van der Waals surface area contributed by atoms with Gasteiger partial charge in [-0.05, 0) is 36.0 Å². The van der Waals surface area contributed by atoms with Gasteiger partial charge in [0.05, 0.1) is 5.92 Å². The molecule has 110 valence electrons. The fourth-order valence-electron chi connectivity index (χ4n) is 3.14. The minimum Gasteiger partial charge on any atom is -0.305 e. The first-order chi connectivity index (χ1) is 10.3. The van der Waals surface area contributed by atoms with Gasteiger partial charge in [0.25, 0.3) is 0 Å². The molecular weight excluding hydrogens is 284 g/mol. The Bertz CT molecular complexity index is 616. The van der Waals surface area contributed by atoms with Crippen LogP contribution in [0.3, 0.4) is 0 Å². The van der Waals surface area contributed by atoms with Crippen molar-refractivity contribution in [3.05, 3.63) is 34.9 Å². The lowest BCUT2D eigenvalue weighted by atomic mass is 10.1. The van der Waals surface area contributed by atoms with E-state index < -0.39 is 0 Å². The first-order valence-electron chi connectivity index (χ1n) is 7.40. The maximum absolute atomic E-state index is 12.0. The van der Waals surface area contributed by atoms with Crippen molar-refractivity contribution < 1.29 is 4.79 Å². The second kappa shape index (κ2) is 5.44. The van der Waals surface area contributed by atoms with Crippen LogP contribution in [-0.2, 0) is 23.4 Å². The van der Waals surface area contributed by atoms with Crippen molar-refractivity contribution in [1.82, 2.24) is 16.2 Å². The number of benzene rings is 1. The zero-order valence-electron chi connectivity index (χ0n) is 11.7. The summed E-state index contributed by atoms with van der Waals surface area (Å²) in [6, 6.07) is 6.75. The fourth-order valence-corrected chi connectivity index (χ4v) is 3.98.